The second-order valence-corrected chi connectivity index (χ2v) is 13.9. The first-order chi connectivity index (χ1) is 19.8. The highest BCUT2D eigenvalue weighted by atomic mass is 16.6. The van der Waals surface area contributed by atoms with E-state index in [9.17, 15) is 14.4 Å². The molecule has 8 nitrogen and oxygen atoms in total. The summed E-state index contributed by atoms with van der Waals surface area (Å²) in [5.74, 6) is -0.542. The van der Waals surface area contributed by atoms with Crippen molar-refractivity contribution in [2.45, 2.75) is 129 Å². The fourth-order valence-corrected chi connectivity index (χ4v) is 6.02. The SMILES string of the molecule is CC1CCC(C(=O)N(c2ccc(C(C)(C)C)cc2)C(C(=O)NC2CCCCC2)c2cccnc2)N1C(=O)OC(C)(C)C. The van der Waals surface area contributed by atoms with Crippen LogP contribution in [-0.4, -0.2) is 51.5 Å². The van der Waals surface area contributed by atoms with Gasteiger partial charge >= 0.3 is 6.09 Å². The normalized spacial score (nSPS) is 20.6. The van der Waals surface area contributed by atoms with Gasteiger partial charge in [-0.25, -0.2) is 4.79 Å². The monoisotopic (exact) mass is 576 g/mol. The predicted octanol–water partition coefficient (Wildman–Crippen LogP) is 6.69. The first-order valence-electron chi connectivity index (χ1n) is 15.4. The number of pyridine rings is 1. The van der Waals surface area contributed by atoms with Gasteiger partial charge in [0.15, 0.2) is 0 Å². The van der Waals surface area contributed by atoms with Crippen LogP contribution in [0.2, 0.25) is 0 Å². The number of nitrogens with one attached hydrogen (secondary N) is 1. The Balaban J connectivity index is 1.79. The van der Waals surface area contributed by atoms with Crippen molar-refractivity contribution < 1.29 is 19.1 Å². The summed E-state index contributed by atoms with van der Waals surface area (Å²) in [5.41, 5.74) is 1.56. The Bertz CT molecular complexity index is 1230. The summed E-state index contributed by atoms with van der Waals surface area (Å²) >= 11 is 0. The molecule has 1 saturated carbocycles. The van der Waals surface area contributed by atoms with Crippen LogP contribution in [0, 0.1) is 0 Å². The average molecular weight is 577 g/mol. The van der Waals surface area contributed by atoms with Gasteiger partial charge in [-0.15, -0.1) is 0 Å². The average Bonchev–Trinajstić information content (AvgIpc) is 3.32. The number of likely N-dealkylation sites (tertiary alicyclic amines) is 1. The molecule has 3 unspecified atom stereocenters. The van der Waals surface area contributed by atoms with Crippen LogP contribution >= 0.6 is 0 Å². The van der Waals surface area contributed by atoms with Gasteiger partial charge in [0.05, 0.1) is 0 Å². The van der Waals surface area contributed by atoms with Crippen molar-refractivity contribution >= 4 is 23.6 Å². The van der Waals surface area contributed by atoms with Crippen molar-refractivity contribution in [3.63, 3.8) is 0 Å². The number of ether oxygens (including phenoxy) is 1. The van der Waals surface area contributed by atoms with Gasteiger partial charge in [-0.1, -0.05) is 58.2 Å². The minimum Gasteiger partial charge on any atom is -0.444 e. The van der Waals surface area contributed by atoms with Crippen LogP contribution in [0.15, 0.2) is 48.8 Å². The molecular formula is C34H48N4O4. The van der Waals surface area contributed by atoms with Crippen LogP contribution in [0.25, 0.3) is 0 Å². The Labute approximate surface area is 251 Å². The minimum absolute atomic E-state index is 0.0652. The molecule has 1 aromatic heterocycles. The van der Waals surface area contributed by atoms with E-state index < -0.39 is 23.8 Å². The van der Waals surface area contributed by atoms with Crippen molar-refractivity contribution in [1.29, 1.82) is 0 Å². The van der Waals surface area contributed by atoms with Crippen LogP contribution < -0.4 is 10.2 Å². The highest BCUT2D eigenvalue weighted by Gasteiger charge is 2.45. The van der Waals surface area contributed by atoms with Gasteiger partial charge in [0.1, 0.15) is 17.7 Å². The number of nitrogens with zero attached hydrogens (tertiary/aromatic N) is 3. The lowest BCUT2D eigenvalue weighted by Gasteiger charge is -2.37. The quantitative estimate of drug-likeness (QED) is 0.414. The van der Waals surface area contributed by atoms with E-state index in [1.54, 1.807) is 28.3 Å². The van der Waals surface area contributed by atoms with Crippen molar-refractivity contribution in [2.24, 2.45) is 0 Å². The fraction of sp³-hybridized carbons (Fsp3) is 0.588. The lowest BCUT2D eigenvalue weighted by molar-refractivity contribution is -0.129. The number of benzene rings is 1. The zero-order chi connectivity index (χ0) is 30.7. The van der Waals surface area contributed by atoms with Crippen LogP contribution in [0.3, 0.4) is 0 Å². The summed E-state index contributed by atoms with van der Waals surface area (Å²) in [6.45, 7) is 13.8. The van der Waals surface area contributed by atoms with Crippen LogP contribution in [0.4, 0.5) is 10.5 Å². The molecule has 2 aliphatic rings. The molecule has 0 bridgehead atoms. The second-order valence-electron chi connectivity index (χ2n) is 13.9. The molecule has 1 saturated heterocycles. The van der Waals surface area contributed by atoms with Crippen LogP contribution in [-0.2, 0) is 19.7 Å². The summed E-state index contributed by atoms with van der Waals surface area (Å²) in [4.78, 5) is 49.8. The number of hydrogen-bond donors (Lipinski definition) is 1. The van der Waals surface area contributed by atoms with E-state index in [0.717, 1.165) is 31.2 Å². The van der Waals surface area contributed by atoms with Crippen molar-refractivity contribution in [1.82, 2.24) is 15.2 Å². The number of amides is 3. The molecule has 1 N–H and O–H groups in total. The smallest absolute Gasteiger partial charge is 0.411 e. The molecular weight excluding hydrogens is 528 g/mol. The summed E-state index contributed by atoms with van der Waals surface area (Å²) in [6, 6.07) is 9.64. The molecule has 0 spiro atoms. The third-order valence-electron chi connectivity index (χ3n) is 8.27. The standard InChI is InChI=1S/C34H48N4O4/c1-23-15-20-28(37(23)32(41)42-34(5,6)7)31(40)38(27-18-16-25(17-19-27)33(2,3)4)29(24-12-11-21-35-22-24)30(39)36-26-13-9-8-10-14-26/h11-12,16-19,21-23,26,28-29H,8-10,13-15,20H2,1-7H3,(H,36,39). The third-order valence-corrected chi connectivity index (χ3v) is 8.27. The molecule has 0 radical (unpaired) electrons. The minimum atomic E-state index is -0.954. The van der Waals surface area contributed by atoms with Gasteiger partial charge in [0, 0.05) is 35.7 Å². The molecule has 1 aliphatic carbocycles. The Morgan fingerprint density at radius 1 is 0.952 bits per heavy atom. The Morgan fingerprint density at radius 2 is 1.62 bits per heavy atom. The first-order valence-corrected chi connectivity index (χ1v) is 15.4. The van der Waals surface area contributed by atoms with E-state index in [1.165, 1.54) is 6.42 Å². The Hall–Kier alpha value is -3.42. The molecule has 42 heavy (non-hydrogen) atoms. The molecule has 8 heteroatoms. The number of rotatable bonds is 6. The third kappa shape index (κ3) is 7.50. The molecule has 1 aliphatic heterocycles. The maximum absolute atomic E-state index is 14.7. The lowest BCUT2D eigenvalue weighted by atomic mass is 9.87. The topological polar surface area (TPSA) is 91.8 Å². The van der Waals surface area contributed by atoms with Gasteiger partial charge in [-0.2, -0.15) is 0 Å². The van der Waals surface area contributed by atoms with Crippen LogP contribution in [0.5, 0.6) is 0 Å². The van der Waals surface area contributed by atoms with Crippen molar-refractivity contribution in [2.75, 3.05) is 4.90 Å². The molecule has 228 valence electrons. The number of hydrogen-bond acceptors (Lipinski definition) is 5. The molecule has 1 aromatic carbocycles. The number of anilines is 1. The number of carbonyl (C=O) groups is 3. The van der Waals surface area contributed by atoms with Gasteiger partial charge in [0.25, 0.3) is 5.91 Å². The van der Waals surface area contributed by atoms with E-state index >= 15 is 0 Å². The second kappa shape index (κ2) is 12.8. The highest BCUT2D eigenvalue weighted by molar-refractivity contribution is 6.04. The summed E-state index contributed by atoms with van der Waals surface area (Å²) in [6.07, 6.45) is 9.11. The van der Waals surface area contributed by atoms with Gasteiger partial charge in [-0.05, 0) is 82.6 Å². The highest BCUT2D eigenvalue weighted by Crippen LogP contribution is 2.35. The summed E-state index contributed by atoms with van der Waals surface area (Å²) < 4.78 is 5.73. The Morgan fingerprint density at radius 3 is 2.19 bits per heavy atom. The van der Waals surface area contributed by atoms with Gasteiger partial charge < -0.3 is 10.1 Å². The number of carbonyl (C=O) groups excluding carboxylic acids is 3. The molecule has 2 heterocycles. The van der Waals surface area contributed by atoms with E-state index in [1.807, 2.05) is 58.0 Å². The summed E-state index contributed by atoms with van der Waals surface area (Å²) in [5, 5.41) is 3.26. The van der Waals surface area contributed by atoms with E-state index in [-0.39, 0.29) is 29.3 Å². The fourth-order valence-electron chi connectivity index (χ4n) is 6.02. The summed E-state index contributed by atoms with van der Waals surface area (Å²) in [7, 11) is 0. The van der Waals surface area contributed by atoms with Crippen molar-refractivity contribution in [3.8, 4) is 0 Å². The molecule has 2 aromatic rings. The lowest BCUT2D eigenvalue weighted by Crippen LogP contribution is -2.54. The van der Waals surface area contributed by atoms with Gasteiger partial charge in [-0.3, -0.25) is 24.4 Å². The number of aromatic nitrogens is 1. The zero-order valence-electron chi connectivity index (χ0n) is 26.4. The molecule has 4 rings (SSSR count). The zero-order valence-corrected chi connectivity index (χ0v) is 26.4. The molecule has 3 atom stereocenters. The molecule has 3 amide bonds. The predicted molar refractivity (Wildman–Crippen MR) is 165 cm³/mol. The largest absolute Gasteiger partial charge is 0.444 e. The van der Waals surface area contributed by atoms with Crippen molar-refractivity contribution in [3.05, 3.63) is 59.9 Å². The molecule has 2 fully saturated rings. The maximum Gasteiger partial charge on any atom is 0.411 e. The van der Waals surface area contributed by atoms with E-state index in [4.69, 9.17) is 4.74 Å². The maximum atomic E-state index is 14.7. The van der Waals surface area contributed by atoms with Gasteiger partial charge in [0.2, 0.25) is 5.91 Å². The first kappa shape index (κ1) is 31.5. The van der Waals surface area contributed by atoms with E-state index in [2.05, 4.69) is 31.1 Å². The van der Waals surface area contributed by atoms with Crippen LogP contribution in [0.1, 0.15) is 111 Å². The Kier molecular flexibility index (Phi) is 9.63. The van der Waals surface area contributed by atoms with E-state index in [0.29, 0.717) is 24.1 Å².